The van der Waals surface area contributed by atoms with E-state index in [2.05, 4.69) is 5.32 Å². The summed E-state index contributed by atoms with van der Waals surface area (Å²) < 4.78 is 10.2. The predicted molar refractivity (Wildman–Crippen MR) is 68.3 cm³/mol. The predicted octanol–water partition coefficient (Wildman–Crippen LogP) is 1.16. The van der Waals surface area contributed by atoms with Crippen LogP contribution in [0.2, 0.25) is 0 Å². The first-order chi connectivity index (χ1) is 8.62. The summed E-state index contributed by atoms with van der Waals surface area (Å²) in [5.74, 6) is 1.14. The van der Waals surface area contributed by atoms with E-state index in [0.717, 1.165) is 0 Å². The zero-order valence-electron chi connectivity index (χ0n) is 10.8. The Labute approximate surface area is 106 Å². The molecular formula is C12H18N2O4. The monoisotopic (exact) mass is 254 g/mol. The third-order valence-electron chi connectivity index (χ3n) is 2.42. The minimum Gasteiger partial charge on any atom is -0.493 e. The molecule has 0 saturated carbocycles. The summed E-state index contributed by atoms with van der Waals surface area (Å²) in [6.07, 6.45) is 0. The van der Waals surface area contributed by atoms with Gasteiger partial charge in [-0.2, -0.15) is 0 Å². The van der Waals surface area contributed by atoms with E-state index in [1.165, 1.54) is 12.0 Å². The first kappa shape index (κ1) is 14.1. The molecular weight excluding hydrogens is 236 g/mol. The number of amides is 2. The maximum absolute atomic E-state index is 11.7. The highest BCUT2D eigenvalue weighted by Gasteiger charge is 2.10. The molecule has 0 spiro atoms. The number of benzene rings is 1. The Bertz CT molecular complexity index is 409. The molecule has 1 aromatic carbocycles. The molecule has 6 nitrogen and oxygen atoms in total. The first-order valence-electron chi connectivity index (χ1n) is 5.47. The highest BCUT2D eigenvalue weighted by molar-refractivity contribution is 5.89. The number of nitrogens with one attached hydrogen (secondary N) is 1. The van der Waals surface area contributed by atoms with Crippen LogP contribution in [0, 0.1) is 0 Å². The lowest BCUT2D eigenvalue weighted by atomic mass is 10.3. The number of ether oxygens (including phenoxy) is 2. The van der Waals surface area contributed by atoms with Gasteiger partial charge in [0.15, 0.2) is 11.5 Å². The highest BCUT2D eigenvalue weighted by Crippen LogP contribution is 2.29. The Morgan fingerprint density at radius 3 is 2.56 bits per heavy atom. The van der Waals surface area contributed by atoms with E-state index in [4.69, 9.17) is 14.6 Å². The van der Waals surface area contributed by atoms with Gasteiger partial charge in [0.1, 0.15) is 0 Å². The zero-order valence-corrected chi connectivity index (χ0v) is 10.8. The van der Waals surface area contributed by atoms with Crippen molar-refractivity contribution >= 4 is 11.7 Å². The fourth-order valence-corrected chi connectivity index (χ4v) is 1.38. The van der Waals surface area contributed by atoms with Crippen molar-refractivity contribution in [2.75, 3.05) is 39.7 Å². The molecule has 18 heavy (non-hydrogen) atoms. The number of aliphatic hydroxyl groups excluding tert-OH is 1. The van der Waals surface area contributed by atoms with Crippen molar-refractivity contribution in [3.05, 3.63) is 18.2 Å². The van der Waals surface area contributed by atoms with E-state index < -0.39 is 0 Å². The second-order valence-electron chi connectivity index (χ2n) is 3.65. The lowest BCUT2D eigenvalue weighted by molar-refractivity contribution is 0.202. The minimum atomic E-state index is -0.295. The van der Waals surface area contributed by atoms with Crippen LogP contribution in [0.5, 0.6) is 11.5 Å². The summed E-state index contributed by atoms with van der Waals surface area (Å²) in [5.41, 5.74) is 0.599. The largest absolute Gasteiger partial charge is 0.493 e. The molecule has 0 aliphatic rings. The molecule has 0 atom stereocenters. The molecule has 2 N–H and O–H groups in total. The van der Waals surface area contributed by atoms with Crippen LogP contribution < -0.4 is 14.8 Å². The van der Waals surface area contributed by atoms with E-state index in [-0.39, 0.29) is 19.2 Å². The van der Waals surface area contributed by atoms with E-state index in [0.29, 0.717) is 17.2 Å². The lowest BCUT2D eigenvalue weighted by Crippen LogP contribution is -2.33. The summed E-state index contributed by atoms with van der Waals surface area (Å²) >= 11 is 0. The van der Waals surface area contributed by atoms with E-state index >= 15 is 0 Å². The number of urea groups is 1. The molecule has 0 aliphatic carbocycles. The minimum absolute atomic E-state index is 0.0736. The van der Waals surface area contributed by atoms with Gasteiger partial charge in [0.05, 0.1) is 20.8 Å². The third kappa shape index (κ3) is 3.53. The summed E-state index contributed by atoms with van der Waals surface area (Å²) in [7, 11) is 4.68. The molecule has 0 radical (unpaired) electrons. The van der Waals surface area contributed by atoms with Crippen LogP contribution in [-0.4, -0.2) is 50.5 Å². The van der Waals surface area contributed by atoms with Crippen LogP contribution in [-0.2, 0) is 0 Å². The van der Waals surface area contributed by atoms with Crippen LogP contribution in [0.15, 0.2) is 18.2 Å². The average molecular weight is 254 g/mol. The molecule has 1 rings (SSSR count). The lowest BCUT2D eigenvalue weighted by Gasteiger charge is -2.17. The van der Waals surface area contributed by atoms with Gasteiger partial charge in [0.25, 0.3) is 0 Å². The van der Waals surface area contributed by atoms with E-state index in [1.807, 2.05) is 0 Å². The van der Waals surface area contributed by atoms with E-state index in [1.54, 1.807) is 32.4 Å². The maximum Gasteiger partial charge on any atom is 0.321 e. The van der Waals surface area contributed by atoms with Crippen LogP contribution in [0.4, 0.5) is 10.5 Å². The number of hydrogen-bond donors (Lipinski definition) is 2. The van der Waals surface area contributed by atoms with Gasteiger partial charge in [-0.05, 0) is 12.1 Å². The van der Waals surface area contributed by atoms with Crippen molar-refractivity contribution < 1.29 is 19.4 Å². The van der Waals surface area contributed by atoms with Gasteiger partial charge in [-0.1, -0.05) is 0 Å². The number of carbonyl (C=O) groups excluding carboxylic acids is 1. The molecule has 0 fully saturated rings. The number of aliphatic hydroxyl groups is 1. The Hall–Kier alpha value is -1.95. The molecule has 0 bridgehead atoms. The average Bonchev–Trinajstić information content (AvgIpc) is 2.38. The van der Waals surface area contributed by atoms with Crippen LogP contribution in [0.1, 0.15) is 0 Å². The summed E-state index contributed by atoms with van der Waals surface area (Å²) in [6.45, 7) is 0.203. The van der Waals surface area contributed by atoms with Crippen LogP contribution in [0.3, 0.4) is 0 Å². The van der Waals surface area contributed by atoms with Crippen molar-refractivity contribution in [3.63, 3.8) is 0 Å². The number of methoxy groups -OCH3 is 2. The molecule has 6 heteroatoms. The van der Waals surface area contributed by atoms with Crippen molar-refractivity contribution in [2.24, 2.45) is 0 Å². The third-order valence-corrected chi connectivity index (χ3v) is 2.42. The Morgan fingerprint density at radius 2 is 2.00 bits per heavy atom. The quantitative estimate of drug-likeness (QED) is 0.827. The Morgan fingerprint density at radius 1 is 1.33 bits per heavy atom. The van der Waals surface area contributed by atoms with Crippen molar-refractivity contribution in [1.82, 2.24) is 4.90 Å². The van der Waals surface area contributed by atoms with Crippen molar-refractivity contribution in [1.29, 1.82) is 0 Å². The molecule has 1 aromatic rings. The van der Waals surface area contributed by atoms with Crippen molar-refractivity contribution in [2.45, 2.75) is 0 Å². The summed E-state index contributed by atoms with van der Waals surface area (Å²) in [5, 5.41) is 11.4. The highest BCUT2D eigenvalue weighted by atomic mass is 16.5. The van der Waals surface area contributed by atoms with Crippen molar-refractivity contribution in [3.8, 4) is 11.5 Å². The molecule has 0 aromatic heterocycles. The topological polar surface area (TPSA) is 71.0 Å². The Balaban J connectivity index is 2.76. The van der Waals surface area contributed by atoms with Gasteiger partial charge in [0, 0.05) is 25.3 Å². The maximum atomic E-state index is 11.7. The fraction of sp³-hybridized carbons (Fsp3) is 0.417. The van der Waals surface area contributed by atoms with Gasteiger partial charge in [-0.25, -0.2) is 4.79 Å². The molecule has 0 saturated heterocycles. The standard InChI is InChI=1S/C12H18N2O4/c1-14(6-7-15)12(16)13-9-4-5-10(17-2)11(8-9)18-3/h4-5,8,15H,6-7H2,1-3H3,(H,13,16). The SMILES string of the molecule is COc1ccc(NC(=O)N(C)CCO)cc1OC. The smallest absolute Gasteiger partial charge is 0.321 e. The van der Waals surface area contributed by atoms with Gasteiger partial charge >= 0.3 is 6.03 Å². The van der Waals surface area contributed by atoms with Gasteiger partial charge in [-0.3, -0.25) is 0 Å². The molecule has 2 amide bonds. The Kier molecular flexibility index (Phi) is 5.26. The fourth-order valence-electron chi connectivity index (χ4n) is 1.38. The van der Waals surface area contributed by atoms with Gasteiger partial charge in [0.2, 0.25) is 0 Å². The zero-order chi connectivity index (χ0) is 13.5. The number of likely N-dealkylation sites (N-methyl/N-ethyl adjacent to an activating group) is 1. The number of hydrogen-bond acceptors (Lipinski definition) is 4. The second kappa shape index (κ2) is 6.70. The number of carbonyl (C=O) groups is 1. The number of anilines is 1. The van der Waals surface area contributed by atoms with E-state index in [9.17, 15) is 4.79 Å². The molecule has 0 heterocycles. The second-order valence-corrected chi connectivity index (χ2v) is 3.65. The summed E-state index contributed by atoms with van der Waals surface area (Å²) in [4.78, 5) is 13.1. The number of nitrogens with zero attached hydrogens (tertiary/aromatic N) is 1. The number of rotatable bonds is 5. The van der Waals surface area contributed by atoms with Crippen LogP contribution in [0.25, 0.3) is 0 Å². The van der Waals surface area contributed by atoms with Gasteiger partial charge in [-0.15, -0.1) is 0 Å². The normalized spacial score (nSPS) is 9.78. The first-order valence-corrected chi connectivity index (χ1v) is 5.47. The molecule has 0 unspecified atom stereocenters. The van der Waals surface area contributed by atoms with Gasteiger partial charge < -0.3 is 24.8 Å². The molecule has 0 aliphatic heterocycles. The van der Waals surface area contributed by atoms with Crippen LogP contribution >= 0.6 is 0 Å². The summed E-state index contributed by atoms with van der Waals surface area (Å²) in [6, 6.07) is 4.80. The molecule has 100 valence electrons.